The maximum atomic E-state index is 13.0. The van der Waals surface area contributed by atoms with Crippen molar-refractivity contribution in [3.63, 3.8) is 0 Å². The van der Waals surface area contributed by atoms with Gasteiger partial charge < -0.3 is 14.8 Å². The van der Waals surface area contributed by atoms with Crippen LogP contribution < -0.4 is 5.32 Å². The van der Waals surface area contributed by atoms with E-state index in [0.29, 0.717) is 18.4 Å². The fraction of sp³-hybridized carbons (Fsp3) is 0.370. The number of amides is 1. The van der Waals surface area contributed by atoms with E-state index < -0.39 is 0 Å². The third-order valence-corrected chi connectivity index (χ3v) is 6.39. The molecule has 35 heavy (non-hydrogen) atoms. The molecule has 1 amide bonds. The molecule has 1 fully saturated rings. The summed E-state index contributed by atoms with van der Waals surface area (Å²) in [5.41, 5.74) is 6.23. The van der Waals surface area contributed by atoms with Gasteiger partial charge in [-0.1, -0.05) is 18.2 Å². The van der Waals surface area contributed by atoms with E-state index in [1.165, 1.54) is 7.11 Å². The highest BCUT2D eigenvalue weighted by Gasteiger charge is 2.16. The molecule has 0 unspecified atom stereocenters. The normalized spacial score (nSPS) is 14.0. The number of para-hydroxylation sites is 1. The van der Waals surface area contributed by atoms with Gasteiger partial charge in [-0.3, -0.25) is 14.5 Å². The summed E-state index contributed by atoms with van der Waals surface area (Å²) < 4.78 is 12.0. The summed E-state index contributed by atoms with van der Waals surface area (Å²) in [7, 11) is 1.39. The Morgan fingerprint density at radius 1 is 1.06 bits per heavy atom. The average Bonchev–Trinajstić information content (AvgIpc) is 3.17. The minimum Gasteiger partial charge on any atom is -0.469 e. The van der Waals surface area contributed by atoms with E-state index in [0.717, 1.165) is 66.7 Å². The minimum atomic E-state index is -0.238. The van der Waals surface area contributed by atoms with E-state index in [4.69, 9.17) is 9.47 Å². The Hall–Kier alpha value is -3.49. The molecule has 0 spiro atoms. The molecule has 0 atom stereocenters. The summed E-state index contributed by atoms with van der Waals surface area (Å²) in [5.74, 6) is -0.392. The average molecular weight is 477 g/mol. The second-order valence-corrected chi connectivity index (χ2v) is 8.68. The van der Waals surface area contributed by atoms with Gasteiger partial charge in [0, 0.05) is 43.0 Å². The van der Waals surface area contributed by atoms with E-state index >= 15 is 0 Å². The van der Waals surface area contributed by atoms with Crippen molar-refractivity contribution in [2.75, 3.05) is 38.7 Å². The highest BCUT2D eigenvalue weighted by Crippen LogP contribution is 2.22. The van der Waals surface area contributed by atoms with E-state index in [9.17, 15) is 9.59 Å². The zero-order valence-electron chi connectivity index (χ0n) is 20.5. The predicted molar refractivity (Wildman–Crippen MR) is 134 cm³/mol. The second-order valence-electron chi connectivity index (χ2n) is 8.68. The number of nitrogens with one attached hydrogen (secondary N) is 1. The Balaban J connectivity index is 1.45. The second kappa shape index (κ2) is 11.3. The van der Waals surface area contributed by atoms with Crippen LogP contribution in [-0.2, 0) is 27.2 Å². The molecule has 2 aromatic carbocycles. The Bertz CT molecular complexity index is 1180. The highest BCUT2D eigenvalue weighted by molar-refractivity contribution is 6.04. The molecule has 1 N–H and O–H groups in total. The van der Waals surface area contributed by atoms with Gasteiger partial charge in [-0.05, 0) is 61.7 Å². The molecule has 8 nitrogen and oxygen atoms in total. The molecule has 0 aliphatic carbocycles. The van der Waals surface area contributed by atoms with Crippen molar-refractivity contribution in [2.24, 2.45) is 0 Å². The number of hydrogen-bond donors (Lipinski definition) is 1. The smallest absolute Gasteiger partial charge is 0.305 e. The molecule has 0 radical (unpaired) electrons. The molecule has 1 aliphatic heterocycles. The standard InChI is InChI=1S/C27H32N4O4/c1-19-24(12-13-26(32)34-3)20(2)31(29-19)23-10-8-21(9-11-23)27(33)28-25-7-5-4-6-22(25)18-30-14-16-35-17-15-30/h4-11H,12-18H2,1-3H3,(H,28,33). The first kappa shape index (κ1) is 24.6. The quantitative estimate of drug-likeness (QED) is 0.499. The highest BCUT2D eigenvalue weighted by atomic mass is 16.5. The number of anilines is 1. The first-order chi connectivity index (χ1) is 17.0. The summed E-state index contributed by atoms with van der Waals surface area (Å²) in [6.45, 7) is 7.95. The maximum absolute atomic E-state index is 13.0. The molecule has 184 valence electrons. The summed E-state index contributed by atoms with van der Waals surface area (Å²) >= 11 is 0. The first-order valence-corrected chi connectivity index (χ1v) is 11.9. The number of methoxy groups -OCH3 is 1. The first-order valence-electron chi connectivity index (χ1n) is 11.9. The van der Waals surface area contributed by atoms with Crippen LogP contribution in [0.15, 0.2) is 48.5 Å². The maximum Gasteiger partial charge on any atom is 0.305 e. The molecule has 4 rings (SSSR count). The number of morpholine rings is 1. The largest absolute Gasteiger partial charge is 0.469 e. The van der Waals surface area contributed by atoms with Crippen molar-refractivity contribution >= 4 is 17.6 Å². The summed E-state index contributed by atoms with van der Waals surface area (Å²) in [4.78, 5) is 26.9. The van der Waals surface area contributed by atoms with Gasteiger partial charge in [0.05, 0.1) is 31.7 Å². The number of rotatable bonds is 8. The van der Waals surface area contributed by atoms with Crippen molar-refractivity contribution in [1.82, 2.24) is 14.7 Å². The van der Waals surface area contributed by atoms with E-state index in [2.05, 4.69) is 21.4 Å². The number of carbonyl (C=O) groups is 2. The SMILES string of the molecule is COC(=O)CCc1c(C)nn(-c2ccc(C(=O)Nc3ccccc3CN3CCOCC3)cc2)c1C. The molecule has 8 heteroatoms. The van der Waals surface area contributed by atoms with Crippen molar-refractivity contribution in [3.8, 4) is 5.69 Å². The van der Waals surface area contributed by atoms with Gasteiger partial charge in [-0.15, -0.1) is 0 Å². The molecule has 1 aliphatic rings. The van der Waals surface area contributed by atoms with Crippen LogP contribution in [0.3, 0.4) is 0 Å². The number of nitrogens with zero attached hydrogens (tertiary/aromatic N) is 3. The fourth-order valence-corrected chi connectivity index (χ4v) is 4.35. The number of aryl methyl sites for hydroxylation is 1. The van der Waals surface area contributed by atoms with E-state index in [-0.39, 0.29) is 11.9 Å². The summed E-state index contributed by atoms with van der Waals surface area (Å²) in [5, 5.41) is 7.71. The molecule has 0 saturated carbocycles. The fourth-order valence-electron chi connectivity index (χ4n) is 4.35. The van der Waals surface area contributed by atoms with Crippen LogP contribution in [-0.4, -0.2) is 60.0 Å². The van der Waals surface area contributed by atoms with Gasteiger partial charge in [-0.25, -0.2) is 4.68 Å². The Morgan fingerprint density at radius 2 is 1.77 bits per heavy atom. The van der Waals surface area contributed by atoms with Crippen molar-refractivity contribution in [3.05, 3.63) is 76.6 Å². The lowest BCUT2D eigenvalue weighted by atomic mass is 10.1. The van der Waals surface area contributed by atoms with Crippen LogP contribution in [0.5, 0.6) is 0 Å². The Labute approximate surface area is 205 Å². The molecule has 1 saturated heterocycles. The van der Waals surface area contributed by atoms with Gasteiger partial charge in [0.2, 0.25) is 0 Å². The lowest BCUT2D eigenvalue weighted by Crippen LogP contribution is -2.35. The van der Waals surface area contributed by atoms with Crippen LogP contribution in [0.2, 0.25) is 0 Å². The van der Waals surface area contributed by atoms with Gasteiger partial charge in [0.1, 0.15) is 0 Å². The van der Waals surface area contributed by atoms with E-state index in [1.807, 2.05) is 48.9 Å². The van der Waals surface area contributed by atoms with Crippen molar-refractivity contribution in [2.45, 2.75) is 33.2 Å². The molecular formula is C27H32N4O4. The lowest BCUT2D eigenvalue weighted by Gasteiger charge is -2.27. The van der Waals surface area contributed by atoms with Crippen LogP contribution >= 0.6 is 0 Å². The van der Waals surface area contributed by atoms with Crippen LogP contribution in [0.4, 0.5) is 5.69 Å². The minimum absolute atomic E-state index is 0.155. The number of esters is 1. The topological polar surface area (TPSA) is 85.7 Å². The third kappa shape index (κ3) is 5.96. The predicted octanol–water partition coefficient (Wildman–Crippen LogP) is 3.68. The zero-order chi connectivity index (χ0) is 24.8. The van der Waals surface area contributed by atoms with Crippen LogP contribution in [0.25, 0.3) is 5.69 Å². The molecule has 0 bridgehead atoms. The molecule has 2 heterocycles. The summed E-state index contributed by atoms with van der Waals surface area (Å²) in [6.07, 6.45) is 0.894. The number of hydrogen-bond acceptors (Lipinski definition) is 6. The van der Waals surface area contributed by atoms with Gasteiger partial charge in [0.15, 0.2) is 0 Å². The van der Waals surface area contributed by atoms with Gasteiger partial charge in [0.25, 0.3) is 5.91 Å². The molecule has 1 aromatic heterocycles. The van der Waals surface area contributed by atoms with Crippen LogP contribution in [0.1, 0.15) is 39.3 Å². The molecular weight excluding hydrogens is 444 g/mol. The number of ether oxygens (including phenoxy) is 2. The number of benzene rings is 2. The summed E-state index contributed by atoms with van der Waals surface area (Å²) in [6, 6.07) is 15.3. The van der Waals surface area contributed by atoms with Gasteiger partial charge in [-0.2, -0.15) is 5.10 Å². The monoisotopic (exact) mass is 476 g/mol. The van der Waals surface area contributed by atoms with E-state index in [1.54, 1.807) is 12.1 Å². The number of carbonyl (C=O) groups excluding carboxylic acids is 2. The third-order valence-electron chi connectivity index (χ3n) is 6.39. The zero-order valence-corrected chi connectivity index (χ0v) is 20.5. The Morgan fingerprint density at radius 3 is 2.49 bits per heavy atom. The molecule has 3 aromatic rings. The van der Waals surface area contributed by atoms with Crippen molar-refractivity contribution in [1.29, 1.82) is 0 Å². The number of aromatic nitrogens is 2. The van der Waals surface area contributed by atoms with Crippen molar-refractivity contribution < 1.29 is 19.1 Å². The van der Waals surface area contributed by atoms with Crippen LogP contribution in [0, 0.1) is 13.8 Å². The lowest BCUT2D eigenvalue weighted by molar-refractivity contribution is -0.140. The Kier molecular flexibility index (Phi) is 7.94. The van der Waals surface area contributed by atoms with Gasteiger partial charge >= 0.3 is 5.97 Å².